The zero-order valence-corrected chi connectivity index (χ0v) is 9.65. The molecule has 94 valence electrons. The molecule has 1 N–H and O–H groups in total. The molecular weight excluding hydrogens is 240 g/mol. The van der Waals surface area contributed by atoms with Gasteiger partial charge in [-0.15, -0.1) is 0 Å². The fraction of sp³-hybridized carbons (Fsp3) is 0.154. The van der Waals surface area contributed by atoms with Crippen LogP contribution in [0.1, 0.15) is 11.1 Å². The predicted octanol–water partition coefficient (Wildman–Crippen LogP) is 2.95. The minimum absolute atomic E-state index is 0.102. The number of aliphatic hydroxyl groups excluding tert-OH is 1. The van der Waals surface area contributed by atoms with Crippen molar-refractivity contribution in [1.82, 2.24) is 4.98 Å². The number of rotatable bonds is 3. The van der Waals surface area contributed by atoms with Crippen LogP contribution in [-0.4, -0.2) is 10.1 Å². The lowest BCUT2D eigenvalue weighted by atomic mass is 10.2. The van der Waals surface area contributed by atoms with Crippen molar-refractivity contribution in [3.8, 4) is 11.6 Å². The Morgan fingerprint density at radius 1 is 1.28 bits per heavy atom. The van der Waals surface area contributed by atoms with Crippen LogP contribution in [-0.2, 0) is 6.61 Å². The minimum atomic E-state index is -0.554. The first kappa shape index (κ1) is 12.4. The van der Waals surface area contributed by atoms with Crippen LogP contribution in [0.4, 0.5) is 8.78 Å². The van der Waals surface area contributed by atoms with E-state index < -0.39 is 5.82 Å². The Morgan fingerprint density at radius 3 is 2.72 bits per heavy atom. The van der Waals surface area contributed by atoms with Gasteiger partial charge in [-0.25, -0.2) is 13.8 Å². The van der Waals surface area contributed by atoms with Gasteiger partial charge in [0.15, 0.2) is 0 Å². The molecule has 0 atom stereocenters. The molecule has 3 nitrogen and oxygen atoms in total. The first-order valence-corrected chi connectivity index (χ1v) is 5.29. The summed E-state index contributed by atoms with van der Waals surface area (Å²) in [5, 5.41) is 9.07. The lowest BCUT2D eigenvalue weighted by molar-refractivity contribution is 0.274. The van der Waals surface area contributed by atoms with Crippen LogP contribution in [0.15, 0.2) is 30.5 Å². The molecule has 0 saturated heterocycles. The Bertz CT molecular complexity index is 573. The summed E-state index contributed by atoms with van der Waals surface area (Å²) in [5.41, 5.74) is 0.664. The van der Waals surface area contributed by atoms with Crippen molar-refractivity contribution in [2.24, 2.45) is 0 Å². The molecule has 0 aliphatic carbocycles. The molecule has 0 fully saturated rings. The number of nitrogens with zero attached hydrogens (tertiary/aromatic N) is 1. The fourth-order valence-corrected chi connectivity index (χ4v) is 1.47. The maximum absolute atomic E-state index is 13.1. The number of hydrogen-bond donors (Lipinski definition) is 1. The van der Waals surface area contributed by atoms with Crippen LogP contribution in [0, 0.1) is 18.6 Å². The van der Waals surface area contributed by atoms with Crippen LogP contribution in [0.3, 0.4) is 0 Å². The van der Waals surface area contributed by atoms with Crippen molar-refractivity contribution >= 4 is 0 Å². The number of halogens is 2. The van der Waals surface area contributed by atoms with E-state index in [0.717, 1.165) is 12.3 Å². The summed E-state index contributed by atoms with van der Waals surface area (Å²) < 4.78 is 31.4. The van der Waals surface area contributed by atoms with E-state index in [4.69, 9.17) is 9.84 Å². The number of aromatic nitrogens is 1. The van der Waals surface area contributed by atoms with Gasteiger partial charge in [-0.2, -0.15) is 0 Å². The normalized spacial score (nSPS) is 10.4. The zero-order chi connectivity index (χ0) is 13.1. The minimum Gasteiger partial charge on any atom is -0.439 e. The predicted molar refractivity (Wildman–Crippen MR) is 61.3 cm³/mol. The number of pyridine rings is 1. The zero-order valence-electron chi connectivity index (χ0n) is 9.65. The highest BCUT2D eigenvalue weighted by molar-refractivity contribution is 5.34. The number of aliphatic hydroxyl groups is 1. The summed E-state index contributed by atoms with van der Waals surface area (Å²) in [6.45, 7) is 1.22. The Labute approximate surface area is 103 Å². The largest absolute Gasteiger partial charge is 0.439 e. The lowest BCUT2D eigenvalue weighted by Gasteiger charge is -2.09. The van der Waals surface area contributed by atoms with Gasteiger partial charge in [-0.1, -0.05) is 0 Å². The number of aryl methyl sites for hydroxylation is 1. The fourth-order valence-electron chi connectivity index (χ4n) is 1.47. The highest BCUT2D eigenvalue weighted by Gasteiger charge is 2.08. The third-order valence-corrected chi connectivity index (χ3v) is 2.41. The lowest BCUT2D eigenvalue weighted by Crippen LogP contribution is -1.96. The molecule has 2 rings (SSSR count). The Morgan fingerprint density at radius 2 is 2.06 bits per heavy atom. The topological polar surface area (TPSA) is 42.4 Å². The first-order valence-electron chi connectivity index (χ1n) is 5.29. The molecule has 0 bridgehead atoms. The summed E-state index contributed by atoms with van der Waals surface area (Å²) >= 11 is 0. The monoisotopic (exact) mass is 251 g/mol. The maximum Gasteiger partial charge on any atom is 0.224 e. The van der Waals surface area contributed by atoms with Gasteiger partial charge in [0.1, 0.15) is 17.4 Å². The van der Waals surface area contributed by atoms with Gasteiger partial charge in [0.2, 0.25) is 5.88 Å². The highest BCUT2D eigenvalue weighted by Crippen LogP contribution is 2.25. The number of benzene rings is 1. The van der Waals surface area contributed by atoms with E-state index >= 15 is 0 Å². The number of ether oxygens (including phenoxy) is 1. The Kier molecular flexibility index (Phi) is 3.53. The smallest absolute Gasteiger partial charge is 0.224 e. The maximum atomic E-state index is 13.1. The van der Waals surface area contributed by atoms with Crippen LogP contribution >= 0.6 is 0 Å². The van der Waals surface area contributed by atoms with Gasteiger partial charge in [0.05, 0.1) is 12.8 Å². The number of hydrogen-bond acceptors (Lipinski definition) is 3. The molecule has 0 aliphatic rings. The molecule has 18 heavy (non-hydrogen) atoms. The van der Waals surface area contributed by atoms with Crippen molar-refractivity contribution < 1.29 is 18.6 Å². The molecule has 1 heterocycles. The second-order valence-electron chi connectivity index (χ2n) is 3.79. The van der Waals surface area contributed by atoms with Crippen LogP contribution in [0.25, 0.3) is 0 Å². The highest BCUT2D eigenvalue weighted by atomic mass is 19.1. The molecule has 0 saturated carbocycles. The van der Waals surface area contributed by atoms with Gasteiger partial charge in [-0.3, -0.25) is 0 Å². The SMILES string of the molecule is Cc1cc(Oc2ncc(F)cc2CO)ccc1F. The second-order valence-corrected chi connectivity index (χ2v) is 3.79. The molecule has 0 aliphatic heterocycles. The molecule has 0 radical (unpaired) electrons. The van der Waals surface area contributed by atoms with Gasteiger partial charge >= 0.3 is 0 Å². The van der Waals surface area contributed by atoms with E-state index in [1.54, 1.807) is 6.92 Å². The van der Waals surface area contributed by atoms with Gasteiger partial charge in [-0.05, 0) is 36.8 Å². The average molecular weight is 251 g/mol. The molecule has 1 aromatic heterocycles. The third-order valence-electron chi connectivity index (χ3n) is 2.41. The van der Waals surface area contributed by atoms with Crippen LogP contribution in [0.2, 0.25) is 0 Å². The Hall–Kier alpha value is -2.01. The van der Waals surface area contributed by atoms with Crippen molar-refractivity contribution in [3.05, 3.63) is 53.2 Å². The van der Waals surface area contributed by atoms with E-state index in [0.29, 0.717) is 11.3 Å². The van der Waals surface area contributed by atoms with Crippen molar-refractivity contribution in [3.63, 3.8) is 0 Å². The van der Waals surface area contributed by atoms with E-state index in [-0.39, 0.29) is 23.9 Å². The average Bonchev–Trinajstić information content (AvgIpc) is 2.36. The quantitative estimate of drug-likeness (QED) is 0.911. The molecule has 2 aromatic rings. The standard InChI is InChI=1S/C13H11F2NO2/c1-8-4-11(2-3-12(8)15)18-13-9(7-17)5-10(14)6-16-13/h2-6,17H,7H2,1H3. The second kappa shape index (κ2) is 5.10. The van der Waals surface area contributed by atoms with Crippen molar-refractivity contribution in [2.75, 3.05) is 0 Å². The molecule has 0 amide bonds. The van der Waals surface area contributed by atoms with E-state index in [1.165, 1.54) is 18.2 Å². The van der Waals surface area contributed by atoms with Gasteiger partial charge in [0, 0.05) is 5.56 Å². The molecule has 0 unspecified atom stereocenters. The van der Waals surface area contributed by atoms with Crippen LogP contribution < -0.4 is 4.74 Å². The molecule has 5 heteroatoms. The third kappa shape index (κ3) is 2.62. The molecule has 1 aromatic carbocycles. The molecular formula is C13H11F2NO2. The van der Waals surface area contributed by atoms with Crippen LogP contribution in [0.5, 0.6) is 11.6 Å². The van der Waals surface area contributed by atoms with Crippen molar-refractivity contribution in [1.29, 1.82) is 0 Å². The van der Waals surface area contributed by atoms with Gasteiger partial charge < -0.3 is 9.84 Å². The van der Waals surface area contributed by atoms with Crippen molar-refractivity contribution in [2.45, 2.75) is 13.5 Å². The summed E-state index contributed by atoms with van der Waals surface area (Å²) in [6, 6.07) is 5.35. The van der Waals surface area contributed by atoms with E-state index in [9.17, 15) is 8.78 Å². The van der Waals surface area contributed by atoms with E-state index in [1.807, 2.05) is 0 Å². The summed E-state index contributed by atoms with van der Waals surface area (Å²) in [6.07, 6.45) is 0.991. The summed E-state index contributed by atoms with van der Waals surface area (Å²) in [5.74, 6) is -0.411. The van der Waals surface area contributed by atoms with E-state index in [2.05, 4.69) is 4.98 Å². The summed E-state index contributed by atoms with van der Waals surface area (Å²) in [4.78, 5) is 3.75. The molecule has 0 spiro atoms. The van der Waals surface area contributed by atoms with Gasteiger partial charge in [0.25, 0.3) is 0 Å². The Balaban J connectivity index is 2.30. The summed E-state index contributed by atoms with van der Waals surface area (Å²) in [7, 11) is 0. The first-order chi connectivity index (χ1) is 8.60.